The molecule has 0 aliphatic heterocycles. The van der Waals surface area contributed by atoms with E-state index in [9.17, 15) is 5.11 Å². The van der Waals surface area contributed by atoms with Gasteiger partial charge in [0.05, 0.1) is 5.56 Å². The van der Waals surface area contributed by atoms with E-state index in [4.69, 9.17) is 15.0 Å². The third-order valence-corrected chi connectivity index (χ3v) is 9.23. The summed E-state index contributed by atoms with van der Waals surface area (Å²) in [5.41, 5.74) is 4.87. The fourth-order valence-electron chi connectivity index (χ4n) is 7.10. The summed E-state index contributed by atoms with van der Waals surface area (Å²) in [6.07, 6.45) is 0. The Morgan fingerprint density at radius 3 is 1.56 bits per heavy atom. The Morgan fingerprint density at radius 1 is 0.378 bits per heavy atom. The molecular formula is C41H27N3O. The highest BCUT2D eigenvalue weighted by atomic mass is 16.3. The molecule has 1 N–H and O–H groups in total. The molecule has 0 unspecified atom stereocenters. The van der Waals surface area contributed by atoms with Gasteiger partial charge in [-0.15, -0.1) is 0 Å². The molecule has 9 rings (SSSR count). The molecule has 4 nitrogen and oxygen atoms in total. The average molecular weight is 578 g/mol. The summed E-state index contributed by atoms with van der Waals surface area (Å²) >= 11 is 0. The lowest BCUT2D eigenvalue weighted by molar-refractivity contribution is 0.477. The van der Waals surface area contributed by atoms with E-state index in [0.29, 0.717) is 23.0 Å². The first-order valence-corrected chi connectivity index (χ1v) is 15.2. The predicted octanol–water partition coefficient (Wildman–Crippen LogP) is 10.4. The normalized spacial score (nSPS) is 11.9. The minimum Gasteiger partial charge on any atom is -0.507 e. The molecule has 45 heavy (non-hydrogen) atoms. The van der Waals surface area contributed by atoms with Crippen LogP contribution in [0.2, 0.25) is 0 Å². The third-order valence-electron chi connectivity index (χ3n) is 9.23. The number of phenols is 1. The summed E-state index contributed by atoms with van der Waals surface area (Å²) in [5, 5.41) is 22.8. The number of nitrogens with zero attached hydrogens (tertiary/aromatic N) is 3. The van der Waals surface area contributed by atoms with Gasteiger partial charge < -0.3 is 5.11 Å². The molecule has 9 aromatic rings. The topological polar surface area (TPSA) is 58.9 Å². The molecule has 0 aliphatic carbocycles. The van der Waals surface area contributed by atoms with Crippen LogP contribution in [-0.2, 0) is 0 Å². The van der Waals surface area contributed by atoms with Crippen LogP contribution < -0.4 is 0 Å². The second-order valence-corrected chi connectivity index (χ2v) is 11.9. The van der Waals surface area contributed by atoms with Crippen molar-refractivity contribution in [2.45, 2.75) is 13.8 Å². The van der Waals surface area contributed by atoms with Crippen molar-refractivity contribution in [3.63, 3.8) is 0 Å². The van der Waals surface area contributed by atoms with Crippen LogP contribution in [0.1, 0.15) is 11.1 Å². The first-order chi connectivity index (χ1) is 22.0. The second-order valence-electron chi connectivity index (χ2n) is 11.9. The number of hydrogen-bond acceptors (Lipinski definition) is 4. The van der Waals surface area contributed by atoms with Gasteiger partial charge in [-0.05, 0) is 97.0 Å². The maximum absolute atomic E-state index is 10.9. The largest absolute Gasteiger partial charge is 0.507 e. The summed E-state index contributed by atoms with van der Waals surface area (Å²) in [5.74, 6) is 1.71. The van der Waals surface area contributed by atoms with E-state index in [-0.39, 0.29) is 5.75 Å². The average Bonchev–Trinajstić information content (AvgIpc) is 3.07. The van der Waals surface area contributed by atoms with E-state index in [1.54, 1.807) is 6.07 Å². The summed E-state index contributed by atoms with van der Waals surface area (Å²) in [6.45, 7) is 4.33. The highest BCUT2D eigenvalue weighted by molar-refractivity contribution is 6.25. The molecule has 0 amide bonds. The van der Waals surface area contributed by atoms with Crippen molar-refractivity contribution in [1.29, 1.82) is 0 Å². The first-order valence-electron chi connectivity index (χ1n) is 15.2. The zero-order valence-electron chi connectivity index (χ0n) is 24.8. The van der Waals surface area contributed by atoms with Crippen LogP contribution in [-0.4, -0.2) is 20.1 Å². The molecule has 0 fully saturated rings. The van der Waals surface area contributed by atoms with Gasteiger partial charge in [0.25, 0.3) is 0 Å². The number of aromatic hydroxyl groups is 1. The monoisotopic (exact) mass is 577 g/mol. The van der Waals surface area contributed by atoms with Gasteiger partial charge in [-0.3, -0.25) is 0 Å². The molecule has 0 radical (unpaired) electrons. The Balaban J connectivity index is 1.37. The van der Waals surface area contributed by atoms with Crippen LogP contribution >= 0.6 is 0 Å². The molecular weight excluding hydrogens is 550 g/mol. The maximum atomic E-state index is 10.9. The van der Waals surface area contributed by atoms with Crippen molar-refractivity contribution in [3.8, 4) is 39.9 Å². The quantitative estimate of drug-likeness (QED) is 0.212. The molecule has 0 atom stereocenters. The van der Waals surface area contributed by atoms with E-state index >= 15 is 0 Å². The lowest BCUT2D eigenvalue weighted by Gasteiger charge is -2.16. The summed E-state index contributed by atoms with van der Waals surface area (Å²) in [6, 6.07) is 41.7. The molecule has 0 saturated carbocycles. The molecule has 8 aromatic carbocycles. The van der Waals surface area contributed by atoms with Crippen molar-refractivity contribution < 1.29 is 5.11 Å². The van der Waals surface area contributed by atoms with Crippen molar-refractivity contribution in [1.82, 2.24) is 15.0 Å². The van der Waals surface area contributed by atoms with Gasteiger partial charge in [0.1, 0.15) is 5.75 Å². The highest BCUT2D eigenvalue weighted by Crippen LogP contribution is 2.41. The fraction of sp³-hybridized carbons (Fsp3) is 0.0488. The summed E-state index contributed by atoms with van der Waals surface area (Å²) in [7, 11) is 0. The molecule has 4 heteroatoms. The smallest absolute Gasteiger partial charge is 0.167 e. The number of phenolic OH excluding ortho intramolecular Hbond substituents is 1. The SMILES string of the molecule is Cc1cccc2ccc3c(-c4nc(-c5ccccc5O)nc(-c5ccc6ccc7cccc8ccc5c6c78)n4)ccc(C)c3c12. The Labute approximate surface area is 259 Å². The lowest BCUT2D eigenvalue weighted by Crippen LogP contribution is -2.01. The van der Waals surface area contributed by atoms with E-state index in [1.165, 1.54) is 54.2 Å². The molecule has 0 aliphatic rings. The van der Waals surface area contributed by atoms with Crippen LogP contribution in [0.4, 0.5) is 0 Å². The molecule has 212 valence electrons. The number of aromatic nitrogens is 3. The van der Waals surface area contributed by atoms with Crippen LogP contribution in [0.3, 0.4) is 0 Å². The molecule has 1 heterocycles. The minimum absolute atomic E-state index is 0.131. The van der Waals surface area contributed by atoms with Crippen LogP contribution in [0, 0.1) is 13.8 Å². The second kappa shape index (κ2) is 9.57. The summed E-state index contributed by atoms with van der Waals surface area (Å²) in [4.78, 5) is 15.2. The fourth-order valence-corrected chi connectivity index (χ4v) is 7.10. The van der Waals surface area contributed by atoms with Gasteiger partial charge in [0.15, 0.2) is 17.5 Å². The molecule has 0 bridgehead atoms. The van der Waals surface area contributed by atoms with Crippen LogP contribution in [0.5, 0.6) is 5.75 Å². The number of aryl methyl sites for hydroxylation is 2. The molecule has 1 aromatic heterocycles. The van der Waals surface area contributed by atoms with E-state index in [1.807, 2.05) is 18.2 Å². The Morgan fingerprint density at radius 2 is 0.867 bits per heavy atom. The Kier molecular flexibility index (Phi) is 5.44. The number of fused-ring (bicyclic) bond motifs is 3. The first kappa shape index (κ1) is 25.6. The highest BCUT2D eigenvalue weighted by Gasteiger charge is 2.20. The lowest BCUT2D eigenvalue weighted by atomic mass is 9.91. The van der Waals surface area contributed by atoms with Crippen molar-refractivity contribution in [2.24, 2.45) is 0 Å². The Bertz CT molecular complexity index is 2620. The number of benzene rings is 8. The van der Waals surface area contributed by atoms with Gasteiger partial charge in [-0.1, -0.05) is 103 Å². The van der Waals surface area contributed by atoms with Crippen molar-refractivity contribution in [3.05, 3.63) is 132 Å². The zero-order chi connectivity index (χ0) is 30.2. The van der Waals surface area contributed by atoms with Crippen molar-refractivity contribution in [2.75, 3.05) is 0 Å². The third kappa shape index (κ3) is 3.82. The maximum Gasteiger partial charge on any atom is 0.167 e. The van der Waals surface area contributed by atoms with E-state index < -0.39 is 0 Å². The number of para-hydroxylation sites is 1. The van der Waals surface area contributed by atoms with Gasteiger partial charge in [-0.25, -0.2) is 15.0 Å². The van der Waals surface area contributed by atoms with Crippen LogP contribution in [0.15, 0.2) is 121 Å². The number of rotatable bonds is 3. The van der Waals surface area contributed by atoms with E-state index in [2.05, 4.69) is 111 Å². The van der Waals surface area contributed by atoms with E-state index in [0.717, 1.165) is 21.9 Å². The van der Waals surface area contributed by atoms with Gasteiger partial charge in [0.2, 0.25) is 0 Å². The predicted molar refractivity (Wildman–Crippen MR) is 186 cm³/mol. The molecule has 0 saturated heterocycles. The zero-order valence-corrected chi connectivity index (χ0v) is 24.8. The minimum atomic E-state index is 0.131. The van der Waals surface area contributed by atoms with Gasteiger partial charge in [0, 0.05) is 11.1 Å². The van der Waals surface area contributed by atoms with Crippen LogP contribution in [0.25, 0.3) is 88.0 Å². The Hall–Kier alpha value is -5.87. The standard InChI is InChI=1S/C41H27N3O/c1-23-7-5-8-25-16-20-29-31(19-13-24(2)36(29)35(23)25)39-42-40(44-41(43-39)33-11-3-4-12-34(33)45)32-22-18-28-15-14-26-9-6-10-27-17-21-30(32)38(28)37(26)27/h3-22,45H,1-2H3. The number of hydrogen-bond donors (Lipinski definition) is 1. The summed E-state index contributed by atoms with van der Waals surface area (Å²) < 4.78 is 0. The van der Waals surface area contributed by atoms with Crippen molar-refractivity contribution >= 4 is 53.9 Å². The molecule has 0 spiro atoms. The van der Waals surface area contributed by atoms with Gasteiger partial charge >= 0.3 is 0 Å². The van der Waals surface area contributed by atoms with Gasteiger partial charge in [-0.2, -0.15) is 0 Å².